The second-order valence-electron chi connectivity index (χ2n) is 6.27. The number of pyridine rings is 1. The molecule has 144 valence electrons. The largest absolute Gasteiger partial charge is 0.505 e. The number of rotatable bonds is 5. The van der Waals surface area contributed by atoms with Crippen LogP contribution in [0.4, 0.5) is 5.95 Å². The minimum absolute atomic E-state index is 0.0271. The zero-order valence-corrected chi connectivity index (χ0v) is 15.7. The van der Waals surface area contributed by atoms with Crippen molar-refractivity contribution in [2.45, 2.75) is 6.04 Å². The number of halogens is 1. The van der Waals surface area contributed by atoms with Gasteiger partial charge in [-0.05, 0) is 42.0 Å². The van der Waals surface area contributed by atoms with Crippen LogP contribution in [0.25, 0.3) is 10.9 Å². The summed E-state index contributed by atoms with van der Waals surface area (Å²) < 4.78 is 0. The topological polar surface area (TPSA) is 108 Å². The van der Waals surface area contributed by atoms with E-state index in [1.54, 1.807) is 55.0 Å². The van der Waals surface area contributed by atoms with E-state index in [9.17, 15) is 9.90 Å². The van der Waals surface area contributed by atoms with E-state index >= 15 is 0 Å². The number of benzene rings is 2. The van der Waals surface area contributed by atoms with E-state index in [1.807, 2.05) is 0 Å². The van der Waals surface area contributed by atoms with Crippen molar-refractivity contribution in [3.05, 3.63) is 88.8 Å². The van der Waals surface area contributed by atoms with E-state index in [4.69, 9.17) is 16.7 Å². The number of aromatic carboxylic acids is 1. The number of phenols is 1. The number of aromatic hydroxyl groups is 1. The molecule has 29 heavy (non-hydrogen) atoms. The molecule has 0 saturated heterocycles. The summed E-state index contributed by atoms with van der Waals surface area (Å²) in [5.74, 6) is -0.703. The van der Waals surface area contributed by atoms with Crippen molar-refractivity contribution >= 4 is 34.4 Å². The Balaban J connectivity index is 1.87. The third-order valence-electron chi connectivity index (χ3n) is 4.49. The van der Waals surface area contributed by atoms with Crippen LogP contribution in [0.5, 0.6) is 5.75 Å². The molecule has 0 radical (unpaired) electrons. The van der Waals surface area contributed by atoms with Gasteiger partial charge >= 0.3 is 5.97 Å². The van der Waals surface area contributed by atoms with Gasteiger partial charge in [-0.25, -0.2) is 14.8 Å². The predicted octanol–water partition coefficient (Wildman–Crippen LogP) is 4.28. The Morgan fingerprint density at radius 1 is 1.00 bits per heavy atom. The number of hydrogen-bond acceptors (Lipinski definition) is 6. The fourth-order valence-electron chi connectivity index (χ4n) is 3.09. The number of carboxylic acids is 1. The summed E-state index contributed by atoms with van der Waals surface area (Å²) in [6.45, 7) is 0. The molecule has 3 N–H and O–H groups in total. The lowest BCUT2D eigenvalue weighted by Gasteiger charge is -2.22. The molecule has 4 aromatic rings. The zero-order chi connectivity index (χ0) is 20.4. The normalized spacial score (nSPS) is 11.9. The highest BCUT2D eigenvalue weighted by Gasteiger charge is 2.22. The molecule has 0 bridgehead atoms. The van der Waals surface area contributed by atoms with Crippen LogP contribution in [0.1, 0.15) is 27.5 Å². The van der Waals surface area contributed by atoms with Gasteiger partial charge in [0.05, 0.1) is 16.6 Å². The van der Waals surface area contributed by atoms with E-state index in [-0.39, 0.29) is 11.3 Å². The van der Waals surface area contributed by atoms with Gasteiger partial charge in [-0.15, -0.1) is 0 Å². The first kappa shape index (κ1) is 18.6. The van der Waals surface area contributed by atoms with Crippen LogP contribution in [0.3, 0.4) is 0 Å². The number of carbonyl (C=O) groups is 1. The molecule has 2 heterocycles. The van der Waals surface area contributed by atoms with Crippen molar-refractivity contribution in [3.63, 3.8) is 0 Å². The molecule has 0 amide bonds. The van der Waals surface area contributed by atoms with Gasteiger partial charge in [0.1, 0.15) is 11.3 Å². The van der Waals surface area contributed by atoms with Crippen molar-refractivity contribution in [1.29, 1.82) is 0 Å². The van der Waals surface area contributed by atoms with Crippen molar-refractivity contribution in [1.82, 2.24) is 15.0 Å². The summed E-state index contributed by atoms with van der Waals surface area (Å²) in [5.41, 5.74) is 1.70. The summed E-state index contributed by atoms with van der Waals surface area (Å²) in [7, 11) is 0. The van der Waals surface area contributed by atoms with Gasteiger partial charge in [0.25, 0.3) is 0 Å². The summed E-state index contributed by atoms with van der Waals surface area (Å²) in [5, 5.41) is 24.3. The highest BCUT2D eigenvalue weighted by Crippen LogP contribution is 2.39. The Labute approximate surface area is 170 Å². The number of carboxylic acid groups (broad SMARTS) is 1. The maximum Gasteiger partial charge on any atom is 0.335 e. The van der Waals surface area contributed by atoms with Crippen molar-refractivity contribution in [3.8, 4) is 5.75 Å². The van der Waals surface area contributed by atoms with E-state index in [0.717, 1.165) is 0 Å². The van der Waals surface area contributed by atoms with Gasteiger partial charge in [0, 0.05) is 29.5 Å². The molecule has 0 aliphatic rings. The molecule has 2 aromatic heterocycles. The third-order valence-corrected chi connectivity index (χ3v) is 4.80. The summed E-state index contributed by atoms with van der Waals surface area (Å²) in [6, 6.07) is 12.6. The Hall–Kier alpha value is -3.71. The molecule has 1 atom stereocenters. The van der Waals surface area contributed by atoms with Crippen molar-refractivity contribution in [2.75, 3.05) is 5.32 Å². The number of hydrogen-bond donors (Lipinski definition) is 3. The third kappa shape index (κ3) is 3.68. The second kappa shape index (κ2) is 7.73. The van der Waals surface area contributed by atoms with Gasteiger partial charge in [-0.2, -0.15) is 0 Å². The minimum Gasteiger partial charge on any atom is -0.505 e. The average molecular weight is 407 g/mol. The van der Waals surface area contributed by atoms with E-state index in [2.05, 4.69) is 20.3 Å². The molecule has 0 aliphatic heterocycles. The Morgan fingerprint density at radius 3 is 2.38 bits per heavy atom. The fourth-order valence-corrected chi connectivity index (χ4v) is 3.36. The number of fused-ring (bicyclic) bond motifs is 1. The Bertz CT molecular complexity index is 1180. The predicted molar refractivity (Wildman–Crippen MR) is 109 cm³/mol. The zero-order valence-electron chi connectivity index (χ0n) is 15.0. The number of nitrogens with one attached hydrogen (secondary N) is 1. The molecule has 0 fully saturated rings. The molecule has 0 saturated carbocycles. The highest BCUT2D eigenvalue weighted by molar-refractivity contribution is 6.35. The first-order valence-corrected chi connectivity index (χ1v) is 9.05. The molecular formula is C21H15ClN4O3. The molecular weight excluding hydrogens is 392 g/mol. The van der Waals surface area contributed by atoms with Crippen molar-refractivity contribution in [2.24, 2.45) is 0 Å². The van der Waals surface area contributed by atoms with Crippen LogP contribution in [-0.4, -0.2) is 31.1 Å². The van der Waals surface area contributed by atoms with Gasteiger partial charge in [0.15, 0.2) is 0 Å². The van der Waals surface area contributed by atoms with Crippen LogP contribution in [0.15, 0.2) is 67.1 Å². The van der Waals surface area contributed by atoms with E-state index < -0.39 is 12.0 Å². The van der Waals surface area contributed by atoms with Crippen LogP contribution in [-0.2, 0) is 0 Å². The second-order valence-corrected chi connectivity index (χ2v) is 6.68. The molecule has 4 rings (SSSR count). The maximum absolute atomic E-state index is 11.2. The first-order chi connectivity index (χ1) is 14.0. The smallest absolute Gasteiger partial charge is 0.335 e. The standard InChI is InChI=1S/C21H15ClN4O3/c22-16-11-15(19(27)18-14(16)3-1-8-23-18)17(26-21-24-9-2-10-25-21)12-4-6-13(7-5-12)20(28)29/h1-11,17,27H,(H,28,29)(H,24,25,26). The SMILES string of the molecule is O=C(O)c1ccc(C(Nc2ncccn2)c2cc(Cl)c3cccnc3c2O)cc1. The van der Waals surface area contributed by atoms with Gasteiger partial charge < -0.3 is 15.5 Å². The Morgan fingerprint density at radius 2 is 1.69 bits per heavy atom. The molecule has 1 unspecified atom stereocenters. The summed E-state index contributed by atoms with van der Waals surface area (Å²) in [6.07, 6.45) is 4.76. The van der Waals surface area contributed by atoms with E-state index in [1.165, 1.54) is 12.1 Å². The molecule has 8 heteroatoms. The van der Waals surface area contributed by atoms with Crippen molar-refractivity contribution < 1.29 is 15.0 Å². The summed E-state index contributed by atoms with van der Waals surface area (Å²) in [4.78, 5) is 23.8. The monoisotopic (exact) mass is 406 g/mol. The van der Waals surface area contributed by atoms with Crippen LogP contribution >= 0.6 is 11.6 Å². The highest BCUT2D eigenvalue weighted by atomic mass is 35.5. The van der Waals surface area contributed by atoms with E-state index in [0.29, 0.717) is 33.0 Å². The summed E-state index contributed by atoms with van der Waals surface area (Å²) >= 11 is 6.45. The lowest BCUT2D eigenvalue weighted by atomic mass is 9.95. The van der Waals surface area contributed by atoms with Crippen LogP contribution in [0, 0.1) is 0 Å². The lowest BCUT2D eigenvalue weighted by Crippen LogP contribution is -2.15. The Kier molecular flexibility index (Phi) is 4.97. The number of nitrogens with zero attached hydrogens (tertiary/aromatic N) is 3. The average Bonchev–Trinajstić information content (AvgIpc) is 2.76. The molecule has 0 aliphatic carbocycles. The molecule has 2 aromatic carbocycles. The van der Waals surface area contributed by atoms with Gasteiger partial charge in [-0.3, -0.25) is 4.98 Å². The van der Waals surface area contributed by atoms with Crippen LogP contribution in [0.2, 0.25) is 5.02 Å². The number of anilines is 1. The first-order valence-electron chi connectivity index (χ1n) is 8.67. The molecule has 0 spiro atoms. The number of phenolic OH excluding ortho intramolecular Hbond substituents is 1. The minimum atomic E-state index is -1.02. The molecule has 7 nitrogen and oxygen atoms in total. The lowest BCUT2D eigenvalue weighted by molar-refractivity contribution is 0.0697. The fraction of sp³-hybridized carbons (Fsp3) is 0.0476. The maximum atomic E-state index is 11.2. The van der Waals surface area contributed by atoms with Gasteiger partial charge in [0.2, 0.25) is 5.95 Å². The number of aromatic nitrogens is 3. The quantitative estimate of drug-likeness (QED) is 0.453. The van der Waals surface area contributed by atoms with Crippen LogP contribution < -0.4 is 5.32 Å². The van der Waals surface area contributed by atoms with Gasteiger partial charge in [-0.1, -0.05) is 23.7 Å².